The van der Waals surface area contributed by atoms with Crippen LogP contribution in [0.2, 0.25) is 0 Å². The molecule has 2 heterocycles. The Labute approximate surface area is 137 Å². The molecular weight excluding hydrogens is 315 g/mol. The molecule has 1 aliphatic rings. The van der Waals surface area contributed by atoms with Gasteiger partial charge < -0.3 is 15.2 Å². The van der Waals surface area contributed by atoms with Crippen LogP contribution < -0.4 is 5.73 Å². The molecule has 1 aliphatic heterocycles. The minimum atomic E-state index is -0.783. The van der Waals surface area contributed by atoms with Gasteiger partial charge in [-0.25, -0.2) is 4.39 Å². The molecule has 1 aromatic carbocycles. The largest absolute Gasteiger partial charge is 0.363 e. The van der Waals surface area contributed by atoms with Crippen molar-refractivity contribution >= 4 is 11.8 Å². The van der Waals surface area contributed by atoms with Crippen LogP contribution >= 0.6 is 0 Å². The highest BCUT2D eigenvalue weighted by Crippen LogP contribution is 2.33. The summed E-state index contributed by atoms with van der Waals surface area (Å²) in [6.45, 7) is 2.27. The Morgan fingerprint density at radius 1 is 1.46 bits per heavy atom. The van der Waals surface area contributed by atoms with Crippen LogP contribution in [0.25, 0.3) is 0 Å². The van der Waals surface area contributed by atoms with Crippen LogP contribution in [0.5, 0.6) is 0 Å². The summed E-state index contributed by atoms with van der Waals surface area (Å²) in [5, 5.41) is 3.52. The molecule has 2 N–H and O–H groups in total. The number of primary amides is 1. The summed E-state index contributed by atoms with van der Waals surface area (Å²) in [6.07, 6.45) is 1.43. The van der Waals surface area contributed by atoms with Gasteiger partial charge in [-0.05, 0) is 37.5 Å². The number of benzene rings is 1. The normalized spacial score (nSPS) is 18.6. The third-order valence-corrected chi connectivity index (χ3v) is 4.20. The monoisotopic (exact) mass is 332 g/mol. The van der Waals surface area contributed by atoms with E-state index in [2.05, 4.69) is 10.1 Å². The van der Waals surface area contributed by atoms with Gasteiger partial charge >= 0.3 is 0 Å². The Morgan fingerprint density at radius 3 is 2.92 bits per heavy atom. The summed E-state index contributed by atoms with van der Waals surface area (Å²) in [6, 6.07) is 5.59. The van der Waals surface area contributed by atoms with Crippen LogP contribution in [0.15, 0.2) is 28.8 Å². The Balaban J connectivity index is 1.81. The van der Waals surface area contributed by atoms with Crippen LogP contribution in [0.4, 0.5) is 4.39 Å². The summed E-state index contributed by atoms with van der Waals surface area (Å²) < 4.78 is 18.5. The number of nitrogens with two attached hydrogens (primary N) is 1. The quantitative estimate of drug-likeness (QED) is 0.919. The molecule has 0 radical (unpaired) electrons. The lowest BCUT2D eigenvalue weighted by atomic mass is 9.99. The first-order chi connectivity index (χ1) is 11.5. The van der Waals surface area contributed by atoms with Gasteiger partial charge in [0.1, 0.15) is 11.9 Å². The smallest absolute Gasteiger partial charge is 0.290 e. The van der Waals surface area contributed by atoms with Crippen molar-refractivity contribution in [3.8, 4) is 0 Å². The summed E-state index contributed by atoms with van der Waals surface area (Å²) in [5.41, 5.74) is 5.72. The van der Waals surface area contributed by atoms with Gasteiger partial charge in [0.25, 0.3) is 11.7 Å². The molecule has 24 heavy (non-hydrogen) atoms. The van der Waals surface area contributed by atoms with E-state index >= 15 is 0 Å². The highest BCUT2D eigenvalue weighted by Gasteiger charge is 2.36. The zero-order valence-corrected chi connectivity index (χ0v) is 13.1. The van der Waals surface area contributed by atoms with Crippen LogP contribution in [0.3, 0.4) is 0 Å². The number of nitrogens with zero attached hydrogens (tertiary/aromatic N) is 3. The number of carbonyl (C=O) groups excluding carboxylic acids is 2. The number of likely N-dealkylation sites (tertiary alicyclic amines) is 1. The van der Waals surface area contributed by atoms with E-state index < -0.39 is 17.9 Å². The van der Waals surface area contributed by atoms with Crippen LogP contribution in [0.1, 0.15) is 53.8 Å². The second-order valence-electron chi connectivity index (χ2n) is 5.79. The number of halogens is 1. The molecule has 1 aromatic heterocycles. The molecule has 7 nitrogen and oxygen atoms in total. The Hall–Kier alpha value is -2.77. The summed E-state index contributed by atoms with van der Waals surface area (Å²) in [7, 11) is 0. The molecule has 8 heteroatoms. The molecule has 2 aromatic rings. The molecule has 0 saturated carbocycles. The van der Waals surface area contributed by atoms with Gasteiger partial charge in [-0.1, -0.05) is 17.3 Å². The van der Waals surface area contributed by atoms with Gasteiger partial charge in [-0.3, -0.25) is 9.59 Å². The van der Waals surface area contributed by atoms with Crippen molar-refractivity contribution in [1.29, 1.82) is 0 Å². The second-order valence-corrected chi connectivity index (χ2v) is 5.79. The van der Waals surface area contributed by atoms with Crippen molar-refractivity contribution in [2.75, 3.05) is 6.54 Å². The maximum absolute atomic E-state index is 13.4. The SMILES string of the molecule is CC(C(=O)N1CCCC1c1nc(C(N)=O)no1)c1cccc(F)c1. The van der Waals surface area contributed by atoms with Crippen molar-refractivity contribution in [1.82, 2.24) is 15.0 Å². The predicted molar refractivity (Wildman–Crippen MR) is 81.3 cm³/mol. The standard InChI is InChI=1S/C16H17FN4O3/c1-9(10-4-2-5-11(17)8-10)16(23)21-7-3-6-12(21)15-19-14(13(18)22)20-24-15/h2,4-5,8-9,12H,3,6-7H2,1H3,(H2,18,22). The zero-order valence-electron chi connectivity index (χ0n) is 13.1. The molecule has 1 saturated heterocycles. The van der Waals surface area contributed by atoms with Gasteiger partial charge in [0.15, 0.2) is 0 Å². The Morgan fingerprint density at radius 2 is 2.25 bits per heavy atom. The van der Waals surface area contributed by atoms with Gasteiger partial charge in [0.05, 0.1) is 5.92 Å². The van der Waals surface area contributed by atoms with Gasteiger partial charge in [-0.2, -0.15) is 4.98 Å². The fourth-order valence-electron chi connectivity index (χ4n) is 2.93. The highest BCUT2D eigenvalue weighted by molar-refractivity contribution is 5.88. The maximum atomic E-state index is 13.4. The maximum Gasteiger partial charge on any atom is 0.290 e. The Bertz CT molecular complexity index is 776. The molecule has 126 valence electrons. The fourth-order valence-corrected chi connectivity index (χ4v) is 2.93. The first-order valence-corrected chi connectivity index (χ1v) is 7.66. The summed E-state index contributed by atoms with van der Waals surface area (Å²) >= 11 is 0. The number of amides is 2. The lowest BCUT2D eigenvalue weighted by Crippen LogP contribution is -2.34. The molecular formula is C16H17FN4O3. The fraction of sp³-hybridized carbons (Fsp3) is 0.375. The van der Waals surface area contributed by atoms with Crippen molar-refractivity contribution in [2.45, 2.75) is 31.7 Å². The van der Waals surface area contributed by atoms with Crippen LogP contribution in [0, 0.1) is 5.82 Å². The molecule has 1 fully saturated rings. The highest BCUT2D eigenvalue weighted by atomic mass is 19.1. The topological polar surface area (TPSA) is 102 Å². The number of carbonyl (C=O) groups is 2. The minimum absolute atomic E-state index is 0.151. The van der Waals surface area contributed by atoms with E-state index in [9.17, 15) is 14.0 Å². The molecule has 0 bridgehead atoms. The molecule has 2 amide bonds. The van der Waals surface area contributed by atoms with Gasteiger partial charge in [0, 0.05) is 6.54 Å². The van der Waals surface area contributed by atoms with E-state index in [-0.39, 0.29) is 23.4 Å². The predicted octanol–water partition coefficient (Wildman–Crippen LogP) is 1.77. The molecule has 2 atom stereocenters. The summed E-state index contributed by atoms with van der Waals surface area (Å²) in [4.78, 5) is 29.5. The van der Waals surface area contributed by atoms with Crippen molar-refractivity contribution in [3.05, 3.63) is 47.4 Å². The van der Waals surface area contributed by atoms with Crippen molar-refractivity contribution in [3.63, 3.8) is 0 Å². The van der Waals surface area contributed by atoms with E-state index in [1.165, 1.54) is 12.1 Å². The lowest BCUT2D eigenvalue weighted by Gasteiger charge is -2.25. The zero-order chi connectivity index (χ0) is 17.3. The molecule has 0 spiro atoms. The third kappa shape index (κ3) is 2.99. The minimum Gasteiger partial charge on any atom is -0.363 e. The van der Waals surface area contributed by atoms with Crippen LogP contribution in [-0.4, -0.2) is 33.4 Å². The van der Waals surface area contributed by atoms with E-state index in [0.29, 0.717) is 18.5 Å². The van der Waals surface area contributed by atoms with E-state index in [4.69, 9.17) is 10.3 Å². The number of aromatic nitrogens is 2. The lowest BCUT2D eigenvalue weighted by molar-refractivity contribution is -0.133. The van der Waals surface area contributed by atoms with Gasteiger partial charge in [-0.15, -0.1) is 0 Å². The number of rotatable bonds is 4. The van der Waals surface area contributed by atoms with Crippen molar-refractivity contribution < 1.29 is 18.5 Å². The molecule has 2 unspecified atom stereocenters. The van der Waals surface area contributed by atoms with Crippen LogP contribution in [-0.2, 0) is 4.79 Å². The first-order valence-electron chi connectivity index (χ1n) is 7.66. The van der Waals surface area contributed by atoms with E-state index in [0.717, 1.165) is 6.42 Å². The van der Waals surface area contributed by atoms with Gasteiger partial charge in [0.2, 0.25) is 11.8 Å². The van der Waals surface area contributed by atoms with E-state index in [1.807, 2.05) is 0 Å². The average molecular weight is 332 g/mol. The Kier molecular flexibility index (Phi) is 4.28. The van der Waals surface area contributed by atoms with E-state index in [1.54, 1.807) is 24.0 Å². The molecule has 3 rings (SSSR count). The van der Waals surface area contributed by atoms with Crippen molar-refractivity contribution in [2.24, 2.45) is 5.73 Å². The molecule has 0 aliphatic carbocycles. The number of hydrogen-bond acceptors (Lipinski definition) is 5. The average Bonchev–Trinajstić information content (AvgIpc) is 3.22. The summed E-state index contributed by atoms with van der Waals surface area (Å²) in [5.74, 6) is -1.83. The number of hydrogen-bond donors (Lipinski definition) is 1. The second kappa shape index (κ2) is 6.38. The third-order valence-electron chi connectivity index (χ3n) is 4.20. The first kappa shape index (κ1) is 16.1.